The van der Waals surface area contributed by atoms with E-state index >= 15 is 0 Å². The quantitative estimate of drug-likeness (QED) is 0.506. The van der Waals surface area contributed by atoms with E-state index in [-0.39, 0.29) is 30.7 Å². The van der Waals surface area contributed by atoms with Gasteiger partial charge in [0.15, 0.2) is 6.61 Å². The molecule has 1 aliphatic heterocycles. The molecule has 0 radical (unpaired) electrons. The molecule has 1 N–H and O–H groups in total. The fraction of sp³-hybridized carbons (Fsp3) is 0.357. The van der Waals surface area contributed by atoms with Crippen LogP contribution in [0.5, 0.6) is 5.75 Å². The van der Waals surface area contributed by atoms with Crippen LogP contribution >= 0.6 is 0 Å². The Hall–Kier alpha value is -4.14. The molecule has 4 rings (SSSR count). The maximum Gasteiger partial charge on any atom is 0.257 e. The Labute approximate surface area is 217 Å². The highest BCUT2D eigenvalue weighted by atomic mass is 16.5. The maximum absolute atomic E-state index is 12.8. The highest BCUT2D eigenvalue weighted by molar-refractivity contribution is 5.79. The van der Waals surface area contributed by atoms with Gasteiger partial charge in [-0.05, 0) is 35.7 Å². The number of imidazole rings is 1. The van der Waals surface area contributed by atoms with Crippen LogP contribution in [0.25, 0.3) is 5.69 Å². The fourth-order valence-electron chi connectivity index (χ4n) is 4.13. The molecule has 0 saturated heterocycles. The number of likely N-dealkylation sites (N-methyl/N-ethyl adjacent to an activating group) is 2. The summed E-state index contributed by atoms with van der Waals surface area (Å²) < 4.78 is 7.67. The first kappa shape index (κ1) is 25.9. The Morgan fingerprint density at radius 2 is 1.68 bits per heavy atom. The fourth-order valence-corrected chi connectivity index (χ4v) is 4.13. The second-order valence-electron chi connectivity index (χ2n) is 9.25. The number of amides is 3. The molecule has 0 saturated carbocycles. The van der Waals surface area contributed by atoms with E-state index < -0.39 is 0 Å². The first-order valence-electron chi connectivity index (χ1n) is 12.5. The molecular weight excluding hydrogens is 470 g/mol. The molecule has 3 aromatic rings. The molecular formula is C28H33N5O4. The summed E-state index contributed by atoms with van der Waals surface area (Å²) in [6, 6.07) is 15.2. The third kappa shape index (κ3) is 7.19. The number of fused-ring (bicyclic) bond motifs is 6. The number of rotatable bonds is 0. The van der Waals surface area contributed by atoms with Crippen LogP contribution in [0.4, 0.5) is 0 Å². The van der Waals surface area contributed by atoms with Crippen molar-refractivity contribution in [3.8, 4) is 11.4 Å². The third-order valence-corrected chi connectivity index (χ3v) is 6.47. The molecule has 0 aliphatic carbocycles. The second kappa shape index (κ2) is 12.2. The van der Waals surface area contributed by atoms with Crippen molar-refractivity contribution in [2.75, 3.05) is 40.3 Å². The lowest BCUT2D eigenvalue weighted by atomic mass is 10.1. The lowest BCUT2D eigenvalue weighted by Gasteiger charge is -2.23. The zero-order chi connectivity index (χ0) is 26.2. The molecule has 0 spiro atoms. The molecule has 1 aliphatic rings. The molecule has 2 heterocycles. The van der Waals surface area contributed by atoms with Gasteiger partial charge in [-0.25, -0.2) is 4.98 Å². The molecule has 194 valence electrons. The normalized spacial score (nSPS) is 16.5. The van der Waals surface area contributed by atoms with Gasteiger partial charge in [-0.3, -0.25) is 14.4 Å². The van der Waals surface area contributed by atoms with Crippen LogP contribution < -0.4 is 10.1 Å². The number of nitrogens with one attached hydrogen (secondary N) is 1. The number of benzene rings is 2. The van der Waals surface area contributed by atoms with Crippen molar-refractivity contribution in [2.24, 2.45) is 0 Å². The maximum atomic E-state index is 12.8. The van der Waals surface area contributed by atoms with E-state index in [0.29, 0.717) is 44.6 Å². The molecule has 0 atom stereocenters. The van der Waals surface area contributed by atoms with Crippen LogP contribution in [-0.2, 0) is 33.6 Å². The molecule has 0 unspecified atom stereocenters. The van der Waals surface area contributed by atoms with Crippen molar-refractivity contribution in [1.29, 1.82) is 0 Å². The van der Waals surface area contributed by atoms with Gasteiger partial charge < -0.3 is 24.4 Å². The number of para-hydroxylation sites is 1. The van der Waals surface area contributed by atoms with Gasteiger partial charge in [0, 0.05) is 58.5 Å². The average Bonchev–Trinajstić information content (AvgIpc) is 3.38. The summed E-state index contributed by atoms with van der Waals surface area (Å²) in [5.74, 6) is 0.353. The van der Waals surface area contributed by atoms with E-state index in [1.54, 1.807) is 36.3 Å². The second-order valence-corrected chi connectivity index (χ2v) is 9.25. The van der Waals surface area contributed by atoms with Crippen LogP contribution in [0.2, 0.25) is 0 Å². The topological polar surface area (TPSA) is 96.8 Å². The van der Waals surface area contributed by atoms with E-state index in [0.717, 1.165) is 22.5 Å². The highest BCUT2D eigenvalue weighted by Gasteiger charge is 2.15. The number of carbonyl (C=O) groups excluding carboxylic acids is 3. The van der Waals surface area contributed by atoms with Crippen molar-refractivity contribution < 1.29 is 19.1 Å². The first-order chi connectivity index (χ1) is 17.9. The van der Waals surface area contributed by atoms with Gasteiger partial charge >= 0.3 is 0 Å². The van der Waals surface area contributed by atoms with Gasteiger partial charge in [0.1, 0.15) is 5.75 Å². The van der Waals surface area contributed by atoms with Crippen LogP contribution in [0.3, 0.4) is 0 Å². The number of ether oxygens (including phenoxy) is 1. The Bertz CT molecular complexity index is 1250. The SMILES string of the molecule is CN1CCN(C)C(=O)Cc2cccc(c2)-n2cnc(c2)CCNC(=O)COc2ccccc2CCC1=O. The molecule has 37 heavy (non-hydrogen) atoms. The smallest absolute Gasteiger partial charge is 0.257 e. The number of nitrogens with zero attached hydrogens (tertiary/aromatic N) is 4. The zero-order valence-electron chi connectivity index (χ0n) is 21.4. The van der Waals surface area contributed by atoms with Crippen molar-refractivity contribution in [1.82, 2.24) is 24.7 Å². The van der Waals surface area contributed by atoms with Gasteiger partial charge in [0.25, 0.3) is 5.91 Å². The molecule has 2 aromatic carbocycles. The lowest BCUT2D eigenvalue weighted by molar-refractivity contribution is -0.133. The minimum atomic E-state index is -0.218. The molecule has 9 heteroatoms. The number of aromatic nitrogens is 2. The average molecular weight is 504 g/mol. The summed E-state index contributed by atoms with van der Waals surface area (Å²) in [5.41, 5.74) is 3.53. The van der Waals surface area contributed by atoms with Crippen molar-refractivity contribution in [3.05, 3.63) is 77.9 Å². The van der Waals surface area contributed by atoms with E-state index in [1.165, 1.54) is 0 Å². The number of hydrogen-bond donors (Lipinski definition) is 1. The number of hydrogen-bond acceptors (Lipinski definition) is 5. The lowest BCUT2D eigenvalue weighted by Crippen LogP contribution is -2.38. The van der Waals surface area contributed by atoms with Crippen LogP contribution in [0, 0.1) is 0 Å². The van der Waals surface area contributed by atoms with Crippen LogP contribution in [0.1, 0.15) is 23.2 Å². The van der Waals surface area contributed by atoms with Gasteiger partial charge in [-0.2, -0.15) is 0 Å². The summed E-state index contributed by atoms with van der Waals surface area (Å²) >= 11 is 0. The Balaban J connectivity index is 1.50. The molecule has 1 aromatic heterocycles. The Morgan fingerprint density at radius 3 is 2.51 bits per heavy atom. The van der Waals surface area contributed by atoms with E-state index in [9.17, 15) is 14.4 Å². The van der Waals surface area contributed by atoms with Gasteiger partial charge in [0.05, 0.1) is 18.4 Å². The van der Waals surface area contributed by atoms with Gasteiger partial charge in [-0.15, -0.1) is 0 Å². The van der Waals surface area contributed by atoms with Crippen molar-refractivity contribution in [2.45, 2.75) is 25.7 Å². The zero-order valence-corrected chi connectivity index (χ0v) is 21.4. The summed E-state index contributed by atoms with van der Waals surface area (Å²) in [6.07, 6.45) is 5.30. The minimum Gasteiger partial charge on any atom is -0.483 e. The van der Waals surface area contributed by atoms with Gasteiger partial charge in [0.2, 0.25) is 11.8 Å². The number of aryl methyl sites for hydroxylation is 1. The van der Waals surface area contributed by atoms with E-state index in [4.69, 9.17) is 4.74 Å². The summed E-state index contributed by atoms with van der Waals surface area (Å²) in [5, 5.41) is 2.87. The Kier molecular flexibility index (Phi) is 8.56. The third-order valence-electron chi connectivity index (χ3n) is 6.47. The summed E-state index contributed by atoms with van der Waals surface area (Å²) in [7, 11) is 3.51. The van der Waals surface area contributed by atoms with E-state index in [1.807, 2.05) is 53.2 Å². The molecule has 0 fully saturated rings. The summed E-state index contributed by atoms with van der Waals surface area (Å²) in [4.78, 5) is 45.7. The van der Waals surface area contributed by atoms with E-state index in [2.05, 4.69) is 10.3 Å². The van der Waals surface area contributed by atoms with Crippen molar-refractivity contribution in [3.63, 3.8) is 0 Å². The molecule has 4 bridgehead atoms. The van der Waals surface area contributed by atoms with Crippen LogP contribution in [0.15, 0.2) is 61.1 Å². The predicted octanol–water partition coefficient (Wildman–Crippen LogP) is 2.02. The van der Waals surface area contributed by atoms with Crippen LogP contribution in [-0.4, -0.2) is 77.4 Å². The Morgan fingerprint density at radius 1 is 0.892 bits per heavy atom. The predicted molar refractivity (Wildman–Crippen MR) is 140 cm³/mol. The number of carbonyl (C=O) groups is 3. The molecule has 9 nitrogen and oxygen atoms in total. The monoisotopic (exact) mass is 503 g/mol. The van der Waals surface area contributed by atoms with Gasteiger partial charge in [-0.1, -0.05) is 30.3 Å². The van der Waals surface area contributed by atoms with Crippen molar-refractivity contribution >= 4 is 17.7 Å². The molecule has 3 amide bonds. The summed E-state index contributed by atoms with van der Waals surface area (Å²) in [6.45, 7) is 1.22. The largest absolute Gasteiger partial charge is 0.483 e. The standard InChI is InChI=1S/C28H33N5O4/c1-31-14-15-32(2)28(36)17-21-6-5-8-24(16-21)33-18-23(30-20-33)12-13-29-26(34)19-37-25-9-4-3-7-22(25)10-11-27(31)35/h3-9,16,18,20H,10-15,17,19H2,1-2H3,(H,29,34). The highest BCUT2D eigenvalue weighted by Crippen LogP contribution is 2.20. The minimum absolute atomic E-state index is 0.00970. The first-order valence-corrected chi connectivity index (χ1v) is 12.5.